The highest BCUT2D eigenvalue weighted by Gasteiger charge is 2.23. The Kier molecular flexibility index (Phi) is 10.3. The fourth-order valence-corrected chi connectivity index (χ4v) is 5.80. The second-order valence-electron chi connectivity index (χ2n) is 10.8. The zero-order chi connectivity index (χ0) is 26.9. The Morgan fingerprint density at radius 1 is 0.684 bits per heavy atom. The minimum absolute atomic E-state index is 0.0561. The molecule has 0 atom stereocenters. The van der Waals surface area contributed by atoms with Gasteiger partial charge in [-0.15, -0.1) is 0 Å². The molecule has 0 heterocycles. The molecule has 0 amide bonds. The first-order valence-corrected chi connectivity index (χ1v) is 14.5. The van der Waals surface area contributed by atoms with E-state index < -0.39 is 11.6 Å². The number of halogens is 3. The van der Waals surface area contributed by atoms with Crippen LogP contribution in [-0.4, -0.2) is 6.61 Å². The summed E-state index contributed by atoms with van der Waals surface area (Å²) in [7, 11) is 0. The van der Waals surface area contributed by atoms with Gasteiger partial charge in [-0.2, -0.15) is 4.39 Å². The molecule has 4 rings (SSSR count). The standard InChI is InChI=1S/C34H41F3O/c1-3-5-6-7-8-22-38-32-21-20-30(33(36)34(32)37)27-16-14-26(15-17-27)29-19-18-28(23-31(29)35)25-12-10-24(9-4-2)11-13-25/h14-21,23-25H,3-13,22H2,1-2H3. The van der Waals surface area contributed by atoms with Crippen LogP contribution in [0.25, 0.3) is 22.3 Å². The summed E-state index contributed by atoms with van der Waals surface area (Å²) in [5, 5.41) is 0. The lowest BCUT2D eigenvalue weighted by Crippen LogP contribution is -2.13. The summed E-state index contributed by atoms with van der Waals surface area (Å²) in [5.74, 6) is -0.934. The van der Waals surface area contributed by atoms with Gasteiger partial charge in [-0.1, -0.05) is 88.8 Å². The summed E-state index contributed by atoms with van der Waals surface area (Å²) in [5.41, 5.74) is 3.03. The molecular weight excluding hydrogens is 481 g/mol. The molecule has 3 aromatic rings. The van der Waals surface area contributed by atoms with E-state index in [1.807, 2.05) is 6.07 Å². The summed E-state index contributed by atoms with van der Waals surface area (Å²) >= 11 is 0. The predicted octanol–water partition coefficient (Wildman–Crippen LogP) is 10.9. The molecule has 4 heteroatoms. The third-order valence-corrected chi connectivity index (χ3v) is 8.07. The Hall–Kier alpha value is -2.75. The van der Waals surface area contributed by atoms with Crippen molar-refractivity contribution in [3.05, 3.63) is 77.6 Å². The first-order valence-electron chi connectivity index (χ1n) is 14.5. The molecule has 1 aliphatic rings. The molecule has 1 nitrogen and oxygen atoms in total. The lowest BCUT2D eigenvalue weighted by atomic mass is 9.77. The van der Waals surface area contributed by atoms with E-state index in [1.165, 1.54) is 38.2 Å². The minimum Gasteiger partial charge on any atom is -0.490 e. The second kappa shape index (κ2) is 13.9. The van der Waals surface area contributed by atoms with Gasteiger partial charge in [-0.25, -0.2) is 8.78 Å². The Morgan fingerprint density at radius 3 is 2.00 bits per heavy atom. The molecule has 1 saturated carbocycles. The lowest BCUT2D eigenvalue weighted by Gasteiger charge is -2.28. The Labute approximate surface area is 226 Å². The minimum atomic E-state index is -0.967. The van der Waals surface area contributed by atoms with Crippen molar-refractivity contribution < 1.29 is 17.9 Å². The van der Waals surface area contributed by atoms with Crippen LogP contribution in [-0.2, 0) is 0 Å². The number of unbranched alkanes of at least 4 members (excludes halogenated alkanes) is 4. The smallest absolute Gasteiger partial charge is 0.201 e. The van der Waals surface area contributed by atoms with E-state index in [0.717, 1.165) is 50.0 Å². The van der Waals surface area contributed by atoms with Crippen molar-refractivity contribution in [2.75, 3.05) is 6.61 Å². The lowest BCUT2D eigenvalue weighted by molar-refractivity contribution is 0.285. The summed E-state index contributed by atoms with van der Waals surface area (Å²) in [4.78, 5) is 0. The van der Waals surface area contributed by atoms with E-state index in [4.69, 9.17) is 4.74 Å². The van der Waals surface area contributed by atoms with Crippen molar-refractivity contribution in [2.24, 2.45) is 5.92 Å². The van der Waals surface area contributed by atoms with E-state index >= 15 is 4.39 Å². The van der Waals surface area contributed by atoms with Gasteiger partial charge in [0.25, 0.3) is 0 Å². The van der Waals surface area contributed by atoms with Crippen molar-refractivity contribution in [3.8, 4) is 28.0 Å². The molecule has 204 valence electrons. The molecule has 1 fully saturated rings. The molecule has 0 aliphatic heterocycles. The van der Waals surface area contributed by atoms with Crippen LogP contribution in [0.15, 0.2) is 54.6 Å². The van der Waals surface area contributed by atoms with Crippen molar-refractivity contribution >= 4 is 0 Å². The van der Waals surface area contributed by atoms with Gasteiger partial charge >= 0.3 is 0 Å². The Balaban J connectivity index is 1.41. The Morgan fingerprint density at radius 2 is 1.34 bits per heavy atom. The molecule has 1 aliphatic carbocycles. The zero-order valence-corrected chi connectivity index (χ0v) is 22.9. The van der Waals surface area contributed by atoms with E-state index in [0.29, 0.717) is 29.2 Å². The fraction of sp³-hybridized carbons (Fsp3) is 0.471. The molecule has 0 saturated heterocycles. The van der Waals surface area contributed by atoms with Crippen molar-refractivity contribution in [1.29, 1.82) is 0 Å². The summed E-state index contributed by atoms with van der Waals surface area (Å²) < 4.78 is 50.2. The molecule has 0 spiro atoms. The first-order chi connectivity index (χ1) is 18.5. The van der Waals surface area contributed by atoms with Crippen LogP contribution in [0.2, 0.25) is 0 Å². The predicted molar refractivity (Wildman–Crippen MR) is 151 cm³/mol. The van der Waals surface area contributed by atoms with Gasteiger partial charge in [-0.05, 0) is 78.8 Å². The number of hydrogen-bond acceptors (Lipinski definition) is 1. The van der Waals surface area contributed by atoms with Crippen molar-refractivity contribution in [1.82, 2.24) is 0 Å². The summed E-state index contributed by atoms with van der Waals surface area (Å²) in [6, 6.07) is 15.6. The fourth-order valence-electron chi connectivity index (χ4n) is 5.80. The largest absolute Gasteiger partial charge is 0.490 e. The van der Waals surface area contributed by atoms with Gasteiger partial charge in [-0.3, -0.25) is 0 Å². The Bertz CT molecular complexity index is 1160. The van der Waals surface area contributed by atoms with Crippen LogP contribution in [0.5, 0.6) is 5.75 Å². The molecule has 0 bridgehead atoms. The maximum Gasteiger partial charge on any atom is 0.201 e. The summed E-state index contributed by atoms with van der Waals surface area (Å²) in [6.07, 6.45) is 12.5. The van der Waals surface area contributed by atoms with Gasteiger partial charge in [0.05, 0.1) is 6.61 Å². The van der Waals surface area contributed by atoms with E-state index in [2.05, 4.69) is 19.9 Å². The highest BCUT2D eigenvalue weighted by atomic mass is 19.2. The van der Waals surface area contributed by atoms with Gasteiger partial charge < -0.3 is 4.74 Å². The number of hydrogen-bond donors (Lipinski definition) is 0. The van der Waals surface area contributed by atoms with Crippen LogP contribution >= 0.6 is 0 Å². The molecule has 0 N–H and O–H groups in total. The zero-order valence-electron chi connectivity index (χ0n) is 22.9. The van der Waals surface area contributed by atoms with Crippen LogP contribution in [0.3, 0.4) is 0 Å². The van der Waals surface area contributed by atoms with Gasteiger partial charge in [0.1, 0.15) is 5.82 Å². The third kappa shape index (κ3) is 7.01. The highest BCUT2D eigenvalue weighted by molar-refractivity contribution is 5.71. The summed E-state index contributed by atoms with van der Waals surface area (Å²) in [6.45, 7) is 4.77. The molecule has 3 aromatic carbocycles. The quantitative estimate of drug-likeness (QED) is 0.215. The van der Waals surface area contributed by atoms with E-state index in [1.54, 1.807) is 36.4 Å². The van der Waals surface area contributed by atoms with Crippen LogP contribution in [0.1, 0.15) is 96.0 Å². The van der Waals surface area contributed by atoms with Crippen LogP contribution < -0.4 is 4.74 Å². The van der Waals surface area contributed by atoms with E-state index in [9.17, 15) is 8.78 Å². The molecular formula is C34H41F3O. The van der Waals surface area contributed by atoms with Crippen LogP contribution in [0.4, 0.5) is 13.2 Å². The molecule has 0 aromatic heterocycles. The average molecular weight is 523 g/mol. The monoisotopic (exact) mass is 522 g/mol. The molecule has 0 radical (unpaired) electrons. The van der Waals surface area contributed by atoms with Crippen molar-refractivity contribution in [2.45, 2.75) is 90.4 Å². The maximum absolute atomic E-state index is 15.1. The topological polar surface area (TPSA) is 9.23 Å². The third-order valence-electron chi connectivity index (χ3n) is 8.07. The van der Waals surface area contributed by atoms with Gasteiger partial charge in [0.2, 0.25) is 5.82 Å². The number of rotatable bonds is 12. The number of ether oxygens (including phenoxy) is 1. The van der Waals surface area contributed by atoms with Gasteiger partial charge in [0.15, 0.2) is 11.6 Å². The first kappa shape index (κ1) is 28.3. The maximum atomic E-state index is 15.1. The number of benzene rings is 3. The molecule has 0 unspecified atom stereocenters. The van der Waals surface area contributed by atoms with Crippen molar-refractivity contribution in [3.63, 3.8) is 0 Å². The van der Waals surface area contributed by atoms with E-state index in [-0.39, 0.29) is 17.1 Å². The van der Waals surface area contributed by atoms with Gasteiger partial charge in [0, 0.05) is 11.1 Å². The highest BCUT2D eigenvalue weighted by Crippen LogP contribution is 2.39. The van der Waals surface area contributed by atoms with Crippen LogP contribution in [0, 0.1) is 23.4 Å². The normalized spacial score (nSPS) is 17.5. The SMILES string of the molecule is CCCCCCCOc1ccc(-c2ccc(-c3ccc(C4CCC(CCC)CC4)cc3F)cc2)c(F)c1F. The second-order valence-corrected chi connectivity index (χ2v) is 10.8. The average Bonchev–Trinajstić information content (AvgIpc) is 2.94. The molecule has 38 heavy (non-hydrogen) atoms.